The second-order valence-corrected chi connectivity index (χ2v) is 5.49. The van der Waals surface area contributed by atoms with Crippen LogP contribution in [0.15, 0.2) is 40.9 Å². The lowest BCUT2D eigenvalue weighted by Gasteiger charge is -2.12. The Morgan fingerprint density at radius 3 is 2.16 bits per heavy atom. The molecule has 0 aliphatic carbocycles. The van der Waals surface area contributed by atoms with E-state index in [1.54, 1.807) is 6.07 Å². The number of hydrogen-bond acceptors (Lipinski definition) is 2. The van der Waals surface area contributed by atoms with Crippen LogP contribution in [0.3, 0.4) is 0 Å². The van der Waals surface area contributed by atoms with Crippen molar-refractivity contribution in [2.24, 2.45) is 0 Å². The molecule has 0 unspecified atom stereocenters. The van der Waals surface area contributed by atoms with Crippen molar-refractivity contribution in [1.29, 1.82) is 0 Å². The van der Waals surface area contributed by atoms with Crippen LogP contribution in [-0.4, -0.2) is 5.97 Å². The van der Waals surface area contributed by atoms with Gasteiger partial charge in [-0.3, -0.25) is 0 Å². The van der Waals surface area contributed by atoms with Crippen LogP contribution in [0.5, 0.6) is 5.75 Å². The molecule has 98 valence electrons. The average molecular weight is 319 g/mol. The molecule has 3 heteroatoms. The third-order valence-electron chi connectivity index (χ3n) is 2.98. The van der Waals surface area contributed by atoms with E-state index in [0.29, 0.717) is 11.3 Å². The molecular weight excluding hydrogens is 304 g/mol. The van der Waals surface area contributed by atoms with Gasteiger partial charge in [-0.1, -0.05) is 34.1 Å². The van der Waals surface area contributed by atoms with Gasteiger partial charge in [-0.2, -0.15) is 0 Å². The zero-order chi connectivity index (χ0) is 14.0. The minimum Gasteiger partial charge on any atom is -0.422 e. The molecule has 0 amide bonds. The molecule has 19 heavy (non-hydrogen) atoms. The van der Waals surface area contributed by atoms with Gasteiger partial charge in [-0.05, 0) is 55.7 Å². The Morgan fingerprint density at radius 1 is 1.00 bits per heavy atom. The van der Waals surface area contributed by atoms with Crippen LogP contribution < -0.4 is 4.74 Å². The fourth-order valence-corrected chi connectivity index (χ4v) is 2.69. The second kappa shape index (κ2) is 5.57. The van der Waals surface area contributed by atoms with Gasteiger partial charge in [-0.15, -0.1) is 0 Å². The van der Waals surface area contributed by atoms with Gasteiger partial charge in [0.05, 0.1) is 5.56 Å². The summed E-state index contributed by atoms with van der Waals surface area (Å²) in [5.74, 6) is 0.322. The number of esters is 1. The van der Waals surface area contributed by atoms with Gasteiger partial charge in [0.2, 0.25) is 0 Å². The Kier molecular flexibility index (Phi) is 4.05. The number of hydrogen-bond donors (Lipinski definition) is 0. The molecule has 0 aliphatic rings. The van der Waals surface area contributed by atoms with Crippen molar-refractivity contribution in [1.82, 2.24) is 0 Å². The first kappa shape index (κ1) is 13.8. The van der Waals surface area contributed by atoms with Crippen molar-refractivity contribution in [2.75, 3.05) is 0 Å². The van der Waals surface area contributed by atoms with Crippen LogP contribution >= 0.6 is 15.9 Å². The SMILES string of the molecule is Cc1ccccc1C(=O)Oc1c(C)cc(Br)cc1C. The summed E-state index contributed by atoms with van der Waals surface area (Å²) in [6.45, 7) is 5.76. The average Bonchev–Trinajstić information content (AvgIpc) is 2.34. The quantitative estimate of drug-likeness (QED) is 0.597. The van der Waals surface area contributed by atoms with Gasteiger partial charge < -0.3 is 4.74 Å². The smallest absolute Gasteiger partial charge is 0.343 e. The molecule has 0 bridgehead atoms. The van der Waals surface area contributed by atoms with E-state index in [1.165, 1.54) is 0 Å². The predicted octanol–water partition coefficient (Wildman–Crippen LogP) is 4.59. The van der Waals surface area contributed by atoms with Crippen molar-refractivity contribution in [3.63, 3.8) is 0 Å². The van der Waals surface area contributed by atoms with E-state index >= 15 is 0 Å². The molecule has 0 fully saturated rings. The van der Waals surface area contributed by atoms with Gasteiger partial charge >= 0.3 is 5.97 Å². The lowest BCUT2D eigenvalue weighted by molar-refractivity contribution is 0.0731. The first-order valence-corrected chi connectivity index (χ1v) is 6.83. The molecule has 0 radical (unpaired) electrons. The molecule has 0 N–H and O–H groups in total. The Bertz CT molecular complexity index is 609. The van der Waals surface area contributed by atoms with Crippen molar-refractivity contribution in [3.8, 4) is 5.75 Å². The maximum absolute atomic E-state index is 12.2. The summed E-state index contributed by atoms with van der Waals surface area (Å²) in [4.78, 5) is 12.2. The summed E-state index contributed by atoms with van der Waals surface area (Å²) in [6.07, 6.45) is 0. The van der Waals surface area contributed by atoms with Gasteiger partial charge in [0.25, 0.3) is 0 Å². The zero-order valence-corrected chi connectivity index (χ0v) is 12.7. The fraction of sp³-hybridized carbons (Fsp3) is 0.188. The summed E-state index contributed by atoms with van der Waals surface area (Å²) in [5, 5.41) is 0. The Balaban J connectivity index is 2.32. The molecule has 0 saturated heterocycles. The van der Waals surface area contributed by atoms with Crippen molar-refractivity contribution in [3.05, 3.63) is 63.1 Å². The van der Waals surface area contributed by atoms with Crippen molar-refractivity contribution < 1.29 is 9.53 Å². The molecule has 0 saturated carbocycles. The number of carbonyl (C=O) groups excluding carboxylic acids is 1. The molecule has 0 atom stereocenters. The molecule has 2 rings (SSSR count). The highest BCUT2D eigenvalue weighted by atomic mass is 79.9. The third-order valence-corrected chi connectivity index (χ3v) is 3.44. The van der Waals surface area contributed by atoms with Gasteiger partial charge in [-0.25, -0.2) is 4.79 Å². The van der Waals surface area contributed by atoms with E-state index in [1.807, 2.05) is 51.1 Å². The molecule has 0 aliphatic heterocycles. The monoisotopic (exact) mass is 318 g/mol. The summed E-state index contributed by atoms with van der Waals surface area (Å²) in [6, 6.07) is 11.3. The standard InChI is InChI=1S/C16H15BrO2/c1-10-6-4-5-7-14(10)16(18)19-15-11(2)8-13(17)9-12(15)3/h4-9H,1-3H3. The summed E-state index contributed by atoms with van der Waals surface area (Å²) in [5.41, 5.74) is 3.40. The molecule has 2 aromatic rings. The number of ether oxygens (including phenoxy) is 1. The van der Waals surface area contributed by atoms with Crippen LogP contribution in [0.2, 0.25) is 0 Å². The first-order chi connectivity index (χ1) is 8.99. The van der Waals surface area contributed by atoms with E-state index in [4.69, 9.17) is 4.74 Å². The number of aryl methyl sites for hydroxylation is 3. The van der Waals surface area contributed by atoms with Crippen LogP contribution in [0, 0.1) is 20.8 Å². The Hall–Kier alpha value is -1.61. The highest BCUT2D eigenvalue weighted by Crippen LogP contribution is 2.28. The molecule has 2 aromatic carbocycles. The van der Waals surface area contributed by atoms with E-state index < -0.39 is 0 Å². The lowest BCUT2D eigenvalue weighted by Crippen LogP contribution is -2.11. The number of benzene rings is 2. The minimum absolute atomic E-state index is 0.313. The first-order valence-electron chi connectivity index (χ1n) is 6.03. The normalized spacial score (nSPS) is 10.3. The van der Waals surface area contributed by atoms with Crippen molar-refractivity contribution in [2.45, 2.75) is 20.8 Å². The highest BCUT2D eigenvalue weighted by Gasteiger charge is 2.14. The Labute approximate surface area is 121 Å². The van der Waals surface area contributed by atoms with Crippen LogP contribution in [0.25, 0.3) is 0 Å². The third kappa shape index (κ3) is 3.04. The highest BCUT2D eigenvalue weighted by molar-refractivity contribution is 9.10. The van der Waals surface area contributed by atoms with Crippen LogP contribution in [0.1, 0.15) is 27.0 Å². The molecule has 0 aromatic heterocycles. The molecule has 2 nitrogen and oxygen atoms in total. The van der Waals surface area contributed by atoms with E-state index in [9.17, 15) is 4.79 Å². The van der Waals surface area contributed by atoms with Crippen molar-refractivity contribution >= 4 is 21.9 Å². The van der Waals surface area contributed by atoms with E-state index in [0.717, 1.165) is 21.2 Å². The van der Waals surface area contributed by atoms with E-state index in [-0.39, 0.29) is 5.97 Å². The summed E-state index contributed by atoms with van der Waals surface area (Å²) >= 11 is 3.43. The molecule has 0 heterocycles. The second-order valence-electron chi connectivity index (χ2n) is 4.57. The maximum atomic E-state index is 12.2. The summed E-state index contributed by atoms with van der Waals surface area (Å²) < 4.78 is 6.52. The van der Waals surface area contributed by atoms with E-state index in [2.05, 4.69) is 15.9 Å². The molecular formula is C16H15BrO2. The minimum atomic E-state index is -0.313. The number of halogens is 1. The largest absolute Gasteiger partial charge is 0.422 e. The lowest BCUT2D eigenvalue weighted by atomic mass is 10.1. The summed E-state index contributed by atoms with van der Waals surface area (Å²) in [7, 11) is 0. The number of rotatable bonds is 2. The number of carbonyl (C=O) groups is 1. The predicted molar refractivity (Wildman–Crippen MR) is 79.8 cm³/mol. The van der Waals surface area contributed by atoms with Gasteiger partial charge in [0, 0.05) is 4.47 Å². The van der Waals surface area contributed by atoms with Gasteiger partial charge in [0.15, 0.2) is 0 Å². The molecule has 0 spiro atoms. The maximum Gasteiger partial charge on any atom is 0.343 e. The van der Waals surface area contributed by atoms with Crippen LogP contribution in [-0.2, 0) is 0 Å². The topological polar surface area (TPSA) is 26.3 Å². The zero-order valence-electron chi connectivity index (χ0n) is 11.2. The fourth-order valence-electron chi connectivity index (χ4n) is 2.01. The van der Waals surface area contributed by atoms with Gasteiger partial charge in [0.1, 0.15) is 5.75 Å². The Morgan fingerprint density at radius 2 is 1.58 bits per heavy atom. The van der Waals surface area contributed by atoms with Crippen LogP contribution in [0.4, 0.5) is 0 Å².